The van der Waals surface area contributed by atoms with Gasteiger partial charge in [0.2, 0.25) is 0 Å². The van der Waals surface area contributed by atoms with E-state index in [4.69, 9.17) is 9.47 Å². The first kappa shape index (κ1) is 46.1. The summed E-state index contributed by atoms with van der Waals surface area (Å²) < 4.78 is 11.4. The molecule has 62 heavy (non-hydrogen) atoms. The van der Waals surface area contributed by atoms with Crippen LogP contribution in [0.4, 0.5) is 0 Å². The minimum atomic E-state index is -2.34. The first-order valence-electron chi connectivity index (χ1n) is 22.2. The van der Waals surface area contributed by atoms with Crippen molar-refractivity contribution in [1.82, 2.24) is 5.32 Å². The summed E-state index contributed by atoms with van der Waals surface area (Å²) in [6.45, 7) is 1.33. The van der Waals surface area contributed by atoms with E-state index in [9.17, 15) is 14.4 Å². The van der Waals surface area contributed by atoms with Crippen LogP contribution in [0.3, 0.4) is 0 Å². The summed E-state index contributed by atoms with van der Waals surface area (Å²) in [4.78, 5) is 39.2. The van der Waals surface area contributed by atoms with Gasteiger partial charge in [-0.05, 0) is 0 Å². The molecule has 8 heteroatoms. The van der Waals surface area contributed by atoms with E-state index in [1.54, 1.807) is 6.92 Å². The van der Waals surface area contributed by atoms with Gasteiger partial charge in [-0.3, -0.25) is 0 Å². The summed E-state index contributed by atoms with van der Waals surface area (Å²) in [6, 6.07) is 65.2. The summed E-state index contributed by atoms with van der Waals surface area (Å²) in [7, 11) is -3.13. The number of hydrogen-bond donors (Lipinski definition) is 1. The molecule has 0 fully saturated rings. The van der Waals surface area contributed by atoms with Crippen LogP contribution in [-0.4, -0.2) is 50.4 Å². The topological polar surface area (TPSA) is 81.7 Å². The predicted molar refractivity (Wildman–Crippen MR) is 264 cm³/mol. The molecule has 6 nitrogen and oxygen atoms in total. The second-order valence-corrected chi connectivity index (χ2v) is 24.7. The van der Waals surface area contributed by atoms with E-state index in [-0.39, 0.29) is 43.9 Å². The molecule has 6 rings (SSSR count). The predicted octanol–water partition coefficient (Wildman–Crippen LogP) is 8.40. The third kappa shape index (κ3) is 11.5. The van der Waals surface area contributed by atoms with Crippen molar-refractivity contribution >= 4 is 64.2 Å². The van der Waals surface area contributed by atoms with E-state index in [1.165, 1.54) is 38.9 Å². The van der Waals surface area contributed by atoms with Crippen molar-refractivity contribution in [1.29, 1.82) is 0 Å². The van der Waals surface area contributed by atoms with Crippen LogP contribution in [0, 0.1) is 5.41 Å². The van der Waals surface area contributed by atoms with Gasteiger partial charge in [0.15, 0.2) is 0 Å². The number of carbonyl (C=O) groups is 3. The molecule has 324 valence electrons. The Kier molecular flexibility index (Phi) is 17.2. The molecule has 0 aliphatic heterocycles. The Morgan fingerprint density at radius 2 is 0.677 bits per heavy atom. The van der Waals surface area contributed by atoms with E-state index >= 15 is 0 Å². The van der Waals surface area contributed by atoms with Crippen LogP contribution in [0.5, 0.6) is 0 Å². The van der Waals surface area contributed by atoms with Gasteiger partial charge in [-0.15, -0.1) is 0 Å². The molecule has 1 amide bonds. The number of carbonyl (C=O) groups excluding carboxylic acids is 3. The molecule has 0 unspecified atom stereocenters. The molecule has 0 aliphatic carbocycles. The SMILES string of the molecule is CNC(=O)C(C)(COC(=O)CCCCC[PH](c1ccccc1)(c1ccccc1)c1ccccc1)COC(=O)CCCCC[PH](c1ccccc1)(c1ccccc1)c1ccccc1. The van der Waals surface area contributed by atoms with Crippen LogP contribution in [0.15, 0.2) is 182 Å². The third-order valence-electron chi connectivity index (χ3n) is 12.3. The van der Waals surface area contributed by atoms with E-state index < -0.39 is 19.9 Å². The number of ether oxygens (including phenoxy) is 2. The Bertz CT molecular complexity index is 1910. The number of amides is 1. The Balaban J connectivity index is 0.981. The zero-order valence-corrected chi connectivity index (χ0v) is 38.3. The molecule has 0 aromatic heterocycles. The van der Waals surface area contributed by atoms with E-state index in [2.05, 4.69) is 187 Å². The zero-order valence-electron chi connectivity index (χ0n) is 36.3. The molecule has 0 atom stereocenters. The Morgan fingerprint density at radius 1 is 0.419 bits per heavy atom. The summed E-state index contributed by atoms with van der Waals surface area (Å²) in [5.41, 5.74) is -1.21. The van der Waals surface area contributed by atoms with Crippen molar-refractivity contribution in [2.75, 3.05) is 32.6 Å². The molecule has 0 saturated heterocycles. The number of rotatable bonds is 23. The number of hydrogen-bond acceptors (Lipinski definition) is 5. The summed E-state index contributed by atoms with van der Waals surface area (Å²) in [5.74, 6) is -1.05. The van der Waals surface area contributed by atoms with E-state index in [1.807, 2.05) is 0 Å². The summed E-state index contributed by atoms with van der Waals surface area (Å²) >= 11 is 0. The molecule has 0 heterocycles. The molecular weight excluding hydrogens is 805 g/mol. The summed E-state index contributed by atoms with van der Waals surface area (Å²) in [5, 5.41) is 10.9. The van der Waals surface area contributed by atoms with Gasteiger partial charge in [-0.2, -0.15) is 0 Å². The van der Waals surface area contributed by atoms with Gasteiger partial charge in [-0.1, -0.05) is 0 Å². The zero-order chi connectivity index (χ0) is 43.5. The van der Waals surface area contributed by atoms with Crippen LogP contribution in [-0.2, 0) is 23.9 Å². The average Bonchev–Trinajstić information content (AvgIpc) is 3.34. The quantitative estimate of drug-likeness (QED) is 0.0398. The second kappa shape index (κ2) is 23.2. The fourth-order valence-corrected chi connectivity index (χ4v) is 18.8. The Hall–Kier alpha value is -5.41. The van der Waals surface area contributed by atoms with Crippen molar-refractivity contribution in [3.63, 3.8) is 0 Å². The minimum absolute atomic E-state index is 0.171. The Labute approximate surface area is 370 Å². The van der Waals surface area contributed by atoms with Crippen molar-refractivity contribution in [3.8, 4) is 0 Å². The molecule has 1 N–H and O–H groups in total. The molecule has 0 radical (unpaired) electrons. The normalized spacial score (nSPS) is 13.0. The fourth-order valence-electron chi connectivity index (χ4n) is 8.97. The molecule has 0 saturated carbocycles. The van der Waals surface area contributed by atoms with Crippen molar-refractivity contribution in [3.05, 3.63) is 182 Å². The van der Waals surface area contributed by atoms with Gasteiger partial charge in [0.1, 0.15) is 0 Å². The average molecular weight is 868 g/mol. The number of nitrogens with one attached hydrogen (secondary N) is 1. The van der Waals surface area contributed by atoms with E-state index in [0.29, 0.717) is 12.8 Å². The molecule has 0 aliphatic rings. The van der Waals surface area contributed by atoms with Gasteiger partial charge < -0.3 is 0 Å². The molecule has 6 aromatic rings. The van der Waals surface area contributed by atoms with Crippen LogP contribution in [0.1, 0.15) is 58.3 Å². The molecule has 0 bridgehead atoms. The van der Waals surface area contributed by atoms with Crippen molar-refractivity contribution < 1.29 is 23.9 Å². The van der Waals surface area contributed by atoms with Crippen LogP contribution in [0.2, 0.25) is 0 Å². The van der Waals surface area contributed by atoms with Crippen LogP contribution in [0.25, 0.3) is 0 Å². The summed E-state index contributed by atoms with van der Waals surface area (Å²) in [6.07, 6.45) is 7.54. The second-order valence-electron chi connectivity index (χ2n) is 16.6. The monoisotopic (exact) mass is 867 g/mol. The fraction of sp³-hybridized carbons (Fsp3) is 0.278. The Morgan fingerprint density at radius 3 is 0.919 bits per heavy atom. The third-order valence-corrected chi connectivity index (χ3v) is 22.5. The maximum absolute atomic E-state index is 13.1. The van der Waals surface area contributed by atoms with Crippen LogP contribution < -0.4 is 37.1 Å². The number of unbranched alkanes of at least 4 members (excludes halogenated alkanes) is 4. The van der Waals surface area contributed by atoms with Crippen molar-refractivity contribution in [2.24, 2.45) is 5.41 Å². The maximum atomic E-state index is 13.1. The molecule has 0 spiro atoms. The van der Waals surface area contributed by atoms with Gasteiger partial charge >= 0.3 is 372 Å². The first-order valence-corrected chi connectivity index (χ1v) is 26.6. The van der Waals surface area contributed by atoms with Gasteiger partial charge in [0.05, 0.1) is 0 Å². The van der Waals surface area contributed by atoms with Gasteiger partial charge in [0, 0.05) is 0 Å². The molecule has 6 aromatic carbocycles. The standard InChI is InChI=1S/C54H63NO5P2/c1-54(53(58)55-2,43-59-51(56)39-23-9-25-41-61(45-27-11-3-12-28-45,46-29-13-4-14-30-46)47-31-15-5-16-32-47)44-60-52(57)40-24-10-26-42-62(48-33-17-6-18-34-48,49-35-19-7-20-36-49)50-37-21-8-22-38-50/h3-8,11-22,27-38,61-62H,9-10,23-26,39-44H2,1-2H3,(H,55,58). The van der Waals surface area contributed by atoms with E-state index in [0.717, 1.165) is 38.0 Å². The first-order chi connectivity index (χ1) is 30.3. The molecular formula is C54H63NO5P2. The van der Waals surface area contributed by atoms with Gasteiger partial charge in [-0.25, -0.2) is 0 Å². The number of benzene rings is 6. The van der Waals surface area contributed by atoms with Crippen molar-refractivity contribution in [2.45, 2.75) is 58.3 Å². The number of esters is 2. The van der Waals surface area contributed by atoms with Gasteiger partial charge in [0.25, 0.3) is 0 Å². The van der Waals surface area contributed by atoms with Crippen LogP contribution >= 0.6 is 14.5 Å².